The molecule has 1 amide bonds. The first kappa shape index (κ1) is 16.4. The maximum absolute atomic E-state index is 12.8. The third-order valence-corrected chi connectivity index (χ3v) is 5.45. The first-order valence-electron chi connectivity index (χ1n) is 9.14. The van der Waals surface area contributed by atoms with Crippen molar-refractivity contribution in [1.82, 2.24) is 0 Å². The summed E-state index contributed by atoms with van der Waals surface area (Å²) < 4.78 is 5.53. The molecule has 25 heavy (non-hydrogen) atoms. The normalized spacial score (nSPS) is 25.8. The number of benzene rings is 1. The van der Waals surface area contributed by atoms with Crippen LogP contribution < -0.4 is 9.80 Å². The molecule has 6 heteroatoms. The summed E-state index contributed by atoms with van der Waals surface area (Å²) in [5, 5.41) is 9.04. The maximum Gasteiger partial charge on any atom is 0.308 e. The predicted molar refractivity (Wildman–Crippen MR) is 93.9 cm³/mol. The van der Waals surface area contributed by atoms with Gasteiger partial charge in [0.2, 0.25) is 5.91 Å². The van der Waals surface area contributed by atoms with Crippen molar-refractivity contribution in [2.45, 2.75) is 44.2 Å². The van der Waals surface area contributed by atoms with E-state index in [4.69, 9.17) is 9.84 Å². The number of hydrogen-bond donors (Lipinski definition) is 1. The second kappa shape index (κ2) is 6.67. The van der Waals surface area contributed by atoms with Crippen LogP contribution in [0.2, 0.25) is 0 Å². The summed E-state index contributed by atoms with van der Waals surface area (Å²) in [6, 6.07) is 8.77. The summed E-state index contributed by atoms with van der Waals surface area (Å²) in [4.78, 5) is 28.1. The summed E-state index contributed by atoms with van der Waals surface area (Å²) >= 11 is 0. The van der Waals surface area contributed by atoms with Gasteiger partial charge in [-0.2, -0.15) is 0 Å². The van der Waals surface area contributed by atoms with E-state index in [0.717, 1.165) is 24.5 Å². The monoisotopic (exact) mass is 344 g/mol. The van der Waals surface area contributed by atoms with E-state index in [1.807, 2.05) is 23.1 Å². The van der Waals surface area contributed by atoms with Crippen molar-refractivity contribution in [3.8, 4) is 0 Å². The Hall–Kier alpha value is -2.08. The highest BCUT2D eigenvalue weighted by Crippen LogP contribution is 2.40. The van der Waals surface area contributed by atoms with Crippen LogP contribution in [0.1, 0.15) is 32.1 Å². The standard InChI is InChI=1S/C19H24N2O4/c22-18(8-7-15-11-13(12-25-15)19(23)24)21-10-9-20(14-5-6-14)16-3-1-2-4-17(16)21/h1-4,13-15H,5-12H2,(H,23,24)/t13-,15+/m0/s1. The Bertz CT molecular complexity index is 673. The van der Waals surface area contributed by atoms with Crippen LogP contribution >= 0.6 is 0 Å². The van der Waals surface area contributed by atoms with Gasteiger partial charge in [-0.15, -0.1) is 0 Å². The number of rotatable bonds is 5. The van der Waals surface area contributed by atoms with E-state index in [0.29, 0.717) is 25.3 Å². The summed E-state index contributed by atoms with van der Waals surface area (Å²) in [6.45, 7) is 1.86. The second-order valence-corrected chi connectivity index (χ2v) is 7.22. The van der Waals surface area contributed by atoms with Gasteiger partial charge in [-0.3, -0.25) is 9.59 Å². The molecule has 2 heterocycles. The lowest BCUT2D eigenvalue weighted by Crippen LogP contribution is -2.45. The van der Waals surface area contributed by atoms with E-state index in [9.17, 15) is 9.59 Å². The number of carbonyl (C=O) groups excluding carboxylic acids is 1. The number of anilines is 2. The molecule has 1 aromatic rings. The van der Waals surface area contributed by atoms with Crippen LogP contribution in [0.15, 0.2) is 24.3 Å². The first-order valence-corrected chi connectivity index (χ1v) is 9.14. The molecule has 2 fully saturated rings. The number of amides is 1. The largest absolute Gasteiger partial charge is 0.481 e. The molecule has 4 rings (SSSR count). The van der Waals surface area contributed by atoms with Gasteiger partial charge in [-0.1, -0.05) is 12.1 Å². The molecule has 0 bridgehead atoms. The topological polar surface area (TPSA) is 70.1 Å². The molecule has 0 aromatic heterocycles. The number of nitrogens with zero attached hydrogens (tertiary/aromatic N) is 2. The van der Waals surface area contributed by atoms with Gasteiger partial charge in [0, 0.05) is 25.6 Å². The van der Waals surface area contributed by atoms with Crippen LogP contribution in [0.25, 0.3) is 0 Å². The van der Waals surface area contributed by atoms with Crippen molar-refractivity contribution in [2.24, 2.45) is 5.92 Å². The van der Waals surface area contributed by atoms with Gasteiger partial charge in [-0.25, -0.2) is 0 Å². The molecule has 1 N–H and O–H groups in total. The summed E-state index contributed by atoms with van der Waals surface area (Å²) in [5.74, 6) is -1.13. The van der Waals surface area contributed by atoms with Crippen molar-refractivity contribution in [2.75, 3.05) is 29.5 Å². The Kier molecular flexibility index (Phi) is 4.37. The SMILES string of the molecule is O=C(O)[C@@H]1CO[C@H](CCC(=O)N2CCN(C3CC3)c3ccccc32)C1. The molecule has 1 aliphatic carbocycles. The molecule has 134 valence electrons. The summed E-state index contributed by atoms with van der Waals surface area (Å²) in [7, 11) is 0. The molecular formula is C19H24N2O4. The summed E-state index contributed by atoms with van der Waals surface area (Å²) in [6.07, 6.45) is 3.86. The average Bonchev–Trinajstić information content (AvgIpc) is 3.35. The number of hydrogen-bond acceptors (Lipinski definition) is 4. The third kappa shape index (κ3) is 3.35. The number of ether oxygens (including phenoxy) is 1. The lowest BCUT2D eigenvalue weighted by Gasteiger charge is -2.38. The molecule has 1 aromatic carbocycles. The van der Waals surface area contributed by atoms with Crippen LogP contribution in [0.4, 0.5) is 11.4 Å². The number of carboxylic acid groups (broad SMARTS) is 1. The zero-order valence-corrected chi connectivity index (χ0v) is 14.3. The van der Waals surface area contributed by atoms with Gasteiger partial charge < -0.3 is 19.6 Å². The van der Waals surface area contributed by atoms with Crippen molar-refractivity contribution >= 4 is 23.3 Å². The molecule has 0 radical (unpaired) electrons. The molecule has 3 aliphatic rings. The average molecular weight is 344 g/mol. The maximum atomic E-state index is 12.8. The van der Waals surface area contributed by atoms with Gasteiger partial charge in [0.05, 0.1) is 30.0 Å². The fourth-order valence-electron chi connectivity index (χ4n) is 3.91. The fourth-order valence-corrected chi connectivity index (χ4v) is 3.91. The van der Waals surface area contributed by atoms with Gasteiger partial charge in [0.1, 0.15) is 0 Å². The van der Waals surface area contributed by atoms with E-state index < -0.39 is 11.9 Å². The van der Waals surface area contributed by atoms with Crippen LogP contribution in [0.5, 0.6) is 0 Å². The van der Waals surface area contributed by atoms with E-state index in [-0.39, 0.29) is 18.6 Å². The number of para-hydroxylation sites is 2. The second-order valence-electron chi connectivity index (χ2n) is 7.22. The minimum atomic E-state index is -0.807. The zero-order chi connectivity index (χ0) is 17.4. The first-order chi connectivity index (χ1) is 12.1. The van der Waals surface area contributed by atoms with Gasteiger partial charge >= 0.3 is 5.97 Å². The lowest BCUT2D eigenvalue weighted by atomic mass is 10.0. The number of carboxylic acids is 1. The molecule has 2 aliphatic heterocycles. The molecule has 1 saturated carbocycles. The molecule has 0 spiro atoms. The lowest BCUT2D eigenvalue weighted by molar-refractivity contribution is -0.141. The van der Waals surface area contributed by atoms with Gasteiger partial charge in [0.25, 0.3) is 0 Å². The number of aliphatic carboxylic acids is 1. The number of fused-ring (bicyclic) bond motifs is 1. The van der Waals surface area contributed by atoms with Crippen LogP contribution in [0, 0.1) is 5.92 Å². The van der Waals surface area contributed by atoms with Crippen molar-refractivity contribution in [3.05, 3.63) is 24.3 Å². The van der Waals surface area contributed by atoms with E-state index in [1.165, 1.54) is 12.8 Å². The smallest absolute Gasteiger partial charge is 0.308 e. The van der Waals surface area contributed by atoms with Crippen molar-refractivity contribution in [3.63, 3.8) is 0 Å². The minimum absolute atomic E-state index is 0.102. The molecule has 6 nitrogen and oxygen atoms in total. The van der Waals surface area contributed by atoms with Crippen LogP contribution in [0.3, 0.4) is 0 Å². The molecule has 2 atom stereocenters. The molecule has 0 unspecified atom stereocenters. The Morgan fingerprint density at radius 3 is 2.60 bits per heavy atom. The van der Waals surface area contributed by atoms with Crippen LogP contribution in [-0.2, 0) is 14.3 Å². The van der Waals surface area contributed by atoms with Crippen molar-refractivity contribution < 1.29 is 19.4 Å². The third-order valence-electron chi connectivity index (χ3n) is 5.45. The minimum Gasteiger partial charge on any atom is -0.481 e. The highest BCUT2D eigenvalue weighted by Gasteiger charge is 2.36. The highest BCUT2D eigenvalue weighted by atomic mass is 16.5. The van der Waals surface area contributed by atoms with Gasteiger partial charge in [-0.05, 0) is 37.8 Å². The van der Waals surface area contributed by atoms with E-state index in [2.05, 4.69) is 11.0 Å². The Labute approximate surface area is 147 Å². The molecular weight excluding hydrogens is 320 g/mol. The van der Waals surface area contributed by atoms with E-state index in [1.54, 1.807) is 0 Å². The summed E-state index contributed by atoms with van der Waals surface area (Å²) in [5.41, 5.74) is 2.16. The van der Waals surface area contributed by atoms with Crippen molar-refractivity contribution in [1.29, 1.82) is 0 Å². The quantitative estimate of drug-likeness (QED) is 0.887. The Balaban J connectivity index is 1.39. The Morgan fingerprint density at radius 2 is 1.92 bits per heavy atom. The highest BCUT2D eigenvalue weighted by molar-refractivity contribution is 5.98. The Morgan fingerprint density at radius 1 is 1.16 bits per heavy atom. The number of carbonyl (C=O) groups is 2. The van der Waals surface area contributed by atoms with Crippen LogP contribution in [-0.4, -0.2) is 48.8 Å². The fraction of sp³-hybridized carbons (Fsp3) is 0.579. The zero-order valence-electron chi connectivity index (χ0n) is 14.3. The van der Waals surface area contributed by atoms with Gasteiger partial charge in [0.15, 0.2) is 0 Å². The van der Waals surface area contributed by atoms with E-state index >= 15 is 0 Å². The predicted octanol–water partition coefficient (Wildman–Crippen LogP) is 2.27. The molecule has 1 saturated heterocycles.